The Morgan fingerprint density at radius 3 is 2.75 bits per heavy atom. The van der Waals surface area contributed by atoms with Crippen molar-refractivity contribution in [1.29, 1.82) is 0 Å². The standard InChI is InChI=1S/C13H17ClN2O3S/c1-9-7-10(14)4-5-12(9)13(17)16-6-2-3-11(8-16)20(15,18)19/h4-5,7,11H,2-3,6,8H2,1H3,(H2,15,18,19). The van der Waals surface area contributed by atoms with Crippen LogP contribution in [0.1, 0.15) is 28.8 Å². The van der Waals surface area contributed by atoms with E-state index < -0.39 is 15.3 Å². The number of amides is 1. The number of aryl methyl sites for hydroxylation is 1. The predicted octanol–water partition coefficient (Wildman–Crippen LogP) is 1.54. The Morgan fingerprint density at radius 1 is 1.45 bits per heavy atom. The van der Waals surface area contributed by atoms with Gasteiger partial charge in [-0.1, -0.05) is 11.6 Å². The fourth-order valence-electron chi connectivity index (χ4n) is 2.43. The van der Waals surface area contributed by atoms with Crippen LogP contribution in [0.4, 0.5) is 0 Å². The van der Waals surface area contributed by atoms with Crippen molar-refractivity contribution in [3.63, 3.8) is 0 Å². The van der Waals surface area contributed by atoms with E-state index in [1.807, 2.05) is 0 Å². The molecule has 1 atom stereocenters. The summed E-state index contributed by atoms with van der Waals surface area (Å²) in [6.45, 7) is 2.51. The number of rotatable bonds is 2. The molecular weight excluding hydrogens is 300 g/mol. The van der Waals surface area contributed by atoms with Gasteiger partial charge < -0.3 is 4.90 Å². The minimum absolute atomic E-state index is 0.153. The first-order valence-electron chi connectivity index (χ1n) is 6.36. The summed E-state index contributed by atoms with van der Waals surface area (Å²) in [4.78, 5) is 14.0. The molecule has 110 valence electrons. The van der Waals surface area contributed by atoms with Gasteiger partial charge in [-0.2, -0.15) is 0 Å². The van der Waals surface area contributed by atoms with E-state index in [1.54, 1.807) is 30.0 Å². The molecule has 0 aromatic heterocycles. The zero-order valence-electron chi connectivity index (χ0n) is 11.2. The summed E-state index contributed by atoms with van der Waals surface area (Å²) in [5.74, 6) is -0.174. The molecule has 0 bridgehead atoms. The van der Waals surface area contributed by atoms with Gasteiger partial charge in [0.1, 0.15) is 0 Å². The molecule has 5 nitrogen and oxygen atoms in total. The number of nitrogens with two attached hydrogens (primary N) is 1. The Bertz CT molecular complexity index is 631. The molecule has 1 saturated heterocycles. The first-order valence-corrected chi connectivity index (χ1v) is 8.35. The smallest absolute Gasteiger partial charge is 0.254 e. The molecular formula is C13H17ClN2O3S. The number of likely N-dealkylation sites (tertiary alicyclic amines) is 1. The summed E-state index contributed by atoms with van der Waals surface area (Å²) >= 11 is 5.87. The average Bonchev–Trinajstić information content (AvgIpc) is 2.37. The molecule has 1 aromatic rings. The van der Waals surface area contributed by atoms with E-state index in [4.69, 9.17) is 16.7 Å². The Morgan fingerprint density at radius 2 is 2.15 bits per heavy atom. The molecule has 1 aliphatic rings. The summed E-state index contributed by atoms with van der Waals surface area (Å²) < 4.78 is 22.8. The number of carbonyl (C=O) groups is 1. The summed E-state index contributed by atoms with van der Waals surface area (Å²) in [5.41, 5.74) is 1.32. The maximum atomic E-state index is 12.5. The first-order chi connectivity index (χ1) is 9.29. The van der Waals surface area contributed by atoms with Crippen LogP contribution in [-0.4, -0.2) is 37.6 Å². The second-order valence-electron chi connectivity index (χ2n) is 5.06. The second kappa shape index (κ2) is 5.71. The number of hydrogen-bond donors (Lipinski definition) is 1. The quantitative estimate of drug-likeness (QED) is 0.898. The zero-order chi connectivity index (χ0) is 14.9. The fraction of sp³-hybridized carbons (Fsp3) is 0.462. The Balaban J connectivity index is 2.21. The lowest BCUT2D eigenvalue weighted by Gasteiger charge is -2.31. The zero-order valence-corrected chi connectivity index (χ0v) is 12.7. The third-order valence-corrected chi connectivity index (χ3v) is 5.10. The van der Waals surface area contributed by atoms with Crippen molar-refractivity contribution in [1.82, 2.24) is 4.90 Å². The molecule has 0 aliphatic carbocycles. The van der Waals surface area contributed by atoms with Crippen molar-refractivity contribution in [3.8, 4) is 0 Å². The monoisotopic (exact) mass is 316 g/mol. The number of hydrogen-bond acceptors (Lipinski definition) is 3. The maximum Gasteiger partial charge on any atom is 0.254 e. The van der Waals surface area contributed by atoms with Crippen LogP contribution in [0.5, 0.6) is 0 Å². The SMILES string of the molecule is Cc1cc(Cl)ccc1C(=O)N1CCCC(S(N)(=O)=O)C1. The second-order valence-corrected chi connectivity index (χ2v) is 7.34. The van der Waals surface area contributed by atoms with E-state index in [0.717, 1.165) is 5.56 Å². The van der Waals surface area contributed by atoms with E-state index in [9.17, 15) is 13.2 Å². The Kier molecular flexibility index (Phi) is 4.36. The van der Waals surface area contributed by atoms with Gasteiger partial charge in [0.2, 0.25) is 10.0 Å². The molecule has 2 rings (SSSR count). The largest absolute Gasteiger partial charge is 0.337 e. The molecule has 0 radical (unpaired) electrons. The van der Waals surface area contributed by atoms with E-state index in [-0.39, 0.29) is 12.5 Å². The van der Waals surface area contributed by atoms with Crippen molar-refractivity contribution in [3.05, 3.63) is 34.3 Å². The van der Waals surface area contributed by atoms with E-state index in [2.05, 4.69) is 0 Å². The molecule has 0 spiro atoms. The van der Waals surface area contributed by atoms with E-state index in [0.29, 0.717) is 30.0 Å². The first kappa shape index (κ1) is 15.3. The van der Waals surface area contributed by atoms with Crippen LogP contribution in [0.2, 0.25) is 5.02 Å². The maximum absolute atomic E-state index is 12.5. The summed E-state index contributed by atoms with van der Waals surface area (Å²) in [6, 6.07) is 5.04. The number of primary sulfonamides is 1. The number of sulfonamides is 1. The normalized spacial score (nSPS) is 19.9. The van der Waals surface area contributed by atoms with Crippen LogP contribution in [0, 0.1) is 6.92 Å². The lowest BCUT2D eigenvalue weighted by Crippen LogP contribution is -2.47. The molecule has 1 heterocycles. The summed E-state index contributed by atoms with van der Waals surface area (Å²) in [6.07, 6.45) is 1.14. The van der Waals surface area contributed by atoms with Crippen molar-refractivity contribution < 1.29 is 13.2 Å². The number of carbonyl (C=O) groups excluding carboxylic acids is 1. The molecule has 2 N–H and O–H groups in total. The molecule has 20 heavy (non-hydrogen) atoms. The molecule has 1 aromatic carbocycles. The number of piperidine rings is 1. The van der Waals surface area contributed by atoms with Crippen molar-refractivity contribution in [2.75, 3.05) is 13.1 Å². The highest BCUT2D eigenvalue weighted by molar-refractivity contribution is 7.89. The highest BCUT2D eigenvalue weighted by Gasteiger charge is 2.31. The van der Waals surface area contributed by atoms with Gasteiger partial charge in [-0.3, -0.25) is 4.79 Å². The van der Waals surface area contributed by atoms with Crippen LogP contribution in [0.3, 0.4) is 0 Å². The molecule has 1 aliphatic heterocycles. The van der Waals surface area contributed by atoms with Crippen molar-refractivity contribution in [2.45, 2.75) is 25.0 Å². The Hall–Kier alpha value is -1.11. The van der Waals surface area contributed by atoms with Gasteiger partial charge in [0, 0.05) is 23.7 Å². The van der Waals surface area contributed by atoms with E-state index >= 15 is 0 Å². The summed E-state index contributed by atoms with van der Waals surface area (Å²) in [7, 11) is -3.61. The van der Waals surface area contributed by atoms with Gasteiger partial charge in [0.15, 0.2) is 0 Å². The molecule has 0 saturated carbocycles. The van der Waals surface area contributed by atoms with Crippen molar-refractivity contribution >= 4 is 27.5 Å². The topological polar surface area (TPSA) is 80.5 Å². The van der Waals surface area contributed by atoms with Gasteiger partial charge in [0.25, 0.3) is 5.91 Å². The minimum atomic E-state index is -3.61. The van der Waals surface area contributed by atoms with Crippen LogP contribution >= 0.6 is 11.6 Å². The van der Waals surface area contributed by atoms with Gasteiger partial charge in [0.05, 0.1) is 5.25 Å². The van der Waals surface area contributed by atoms with Crippen LogP contribution < -0.4 is 5.14 Å². The number of halogens is 1. The van der Waals surface area contributed by atoms with Gasteiger partial charge in [-0.05, 0) is 43.5 Å². The lowest BCUT2D eigenvalue weighted by atomic mass is 10.1. The minimum Gasteiger partial charge on any atom is -0.337 e. The molecule has 1 unspecified atom stereocenters. The Labute approximate surface area is 123 Å². The predicted molar refractivity (Wildman–Crippen MR) is 78.2 cm³/mol. The van der Waals surface area contributed by atoms with E-state index in [1.165, 1.54) is 0 Å². The highest BCUT2D eigenvalue weighted by atomic mass is 35.5. The molecule has 1 fully saturated rings. The molecule has 1 amide bonds. The van der Waals surface area contributed by atoms with Crippen LogP contribution in [0.15, 0.2) is 18.2 Å². The molecule has 7 heteroatoms. The summed E-state index contributed by atoms with van der Waals surface area (Å²) in [5, 5.41) is 5.07. The average molecular weight is 317 g/mol. The lowest BCUT2D eigenvalue weighted by molar-refractivity contribution is 0.0726. The highest BCUT2D eigenvalue weighted by Crippen LogP contribution is 2.21. The third kappa shape index (κ3) is 3.31. The third-order valence-electron chi connectivity index (χ3n) is 3.55. The van der Waals surface area contributed by atoms with Crippen LogP contribution in [-0.2, 0) is 10.0 Å². The van der Waals surface area contributed by atoms with Gasteiger partial charge >= 0.3 is 0 Å². The van der Waals surface area contributed by atoms with Crippen molar-refractivity contribution in [2.24, 2.45) is 5.14 Å². The van der Waals surface area contributed by atoms with Gasteiger partial charge in [-0.15, -0.1) is 0 Å². The number of benzene rings is 1. The van der Waals surface area contributed by atoms with Crippen LogP contribution in [0.25, 0.3) is 0 Å². The fourth-order valence-corrected chi connectivity index (χ4v) is 3.54. The number of nitrogens with zero attached hydrogens (tertiary/aromatic N) is 1. The van der Waals surface area contributed by atoms with Gasteiger partial charge in [-0.25, -0.2) is 13.6 Å².